The van der Waals surface area contributed by atoms with Crippen LogP contribution in [0.5, 0.6) is 0 Å². The third-order valence-electron chi connectivity index (χ3n) is 2.96. The van der Waals surface area contributed by atoms with Gasteiger partial charge in [-0.2, -0.15) is 0 Å². The second-order valence-corrected chi connectivity index (χ2v) is 5.04. The Morgan fingerprint density at radius 3 is 2.91 bits per heavy atom. The Kier molecular flexibility index (Phi) is 14.3. The summed E-state index contributed by atoms with van der Waals surface area (Å²) < 4.78 is 15.8. The predicted molar refractivity (Wildman–Crippen MR) is 104 cm³/mol. The van der Waals surface area contributed by atoms with Crippen molar-refractivity contribution in [1.82, 2.24) is 10.6 Å². The summed E-state index contributed by atoms with van der Waals surface area (Å²) in [5.41, 5.74) is 0. The van der Waals surface area contributed by atoms with Crippen LogP contribution in [-0.2, 0) is 15.9 Å². The molecule has 134 valence electrons. The van der Waals surface area contributed by atoms with E-state index in [1.165, 1.54) is 0 Å². The van der Waals surface area contributed by atoms with Gasteiger partial charge in [-0.3, -0.25) is 4.99 Å². The number of ether oxygens (including phenoxy) is 2. The lowest BCUT2D eigenvalue weighted by Crippen LogP contribution is -2.44. The summed E-state index contributed by atoms with van der Waals surface area (Å²) in [6.07, 6.45) is 3.43. The molecule has 0 radical (unpaired) electrons. The maximum absolute atomic E-state index is 5.32. The van der Waals surface area contributed by atoms with E-state index in [1.54, 1.807) is 13.4 Å². The molecule has 0 aromatic carbocycles. The lowest BCUT2D eigenvalue weighted by Gasteiger charge is -2.17. The van der Waals surface area contributed by atoms with Gasteiger partial charge in [0.25, 0.3) is 0 Å². The number of nitrogens with one attached hydrogen (secondary N) is 2. The van der Waals surface area contributed by atoms with Crippen molar-refractivity contribution in [2.75, 3.05) is 40.0 Å². The SMILES string of the molecule is CCOCCCN=C(NCCc1ccco1)NC(C)COC.I. The van der Waals surface area contributed by atoms with E-state index in [0.717, 1.165) is 50.9 Å². The number of aliphatic imine (C=N–C) groups is 1. The van der Waals surface area contributed by atoms with Crippen LogP contribution in [0.1, 0.15) is 26.0 Å². The molecule has 0 saturated carbocycles. The van der Waals surface area contributed by atoms with Crippen molar-refractivity contribution in [3.05, 3.63) is 24.2 Å². The quantitative estimate of drug-likeness (QED) is 0.240. The third kappa shape index (κ3) is 11.4. The second kappa shape index (κ2) is 14.8. The van der Waals surface area contributed by atoms with Crippen molar-refractivity contribution in [2.24, 2.45) is 4.99 Å². The topological polar surface area (TPSA) is 68.0 Å². The van der Waals surface area contributed by atoms with Gasteiger partial charge in [0.1, 0.15) is 5.76 Å². The lowest BCUT2D eigenvalue weighted by molar-refractivity contribution is 0.146. The summed E-state index contributed by atoms with van der Waals surface area (Å²) in [6.45, 7) is 7.69. The number of furan rings is 1. The first kappa shape index (κ1) is 22.2. The van der Waals surface area contributed by atoms with E-state index >= 15 is 0 Å². The molecule has 1 rings (SSSR count). The molecule has 0 bridgehead atoms. The van der Waals surface area contributed by atoms with Crippen molar-refractivity contribution in [3.8, 4) is 0 Å². The second-order valence-electron chi connectivity index (χ2n) is 5.04. The summed E-state index contributed by atoms with van der Waals surface area (Å²) in [5, 5.41) is 6.65. The van der Waals surface area contributed by atoms with Gasteiger partial charge in [-0.05, 0) is 32.4 Å². The molecule has 1 aromatic heterocycles. The zero-order valence-electron chi connectivity index (χ0n) is 14.3. The predicted octanol–water partition coefficient (Wildman–Crippen LogP) is 2.44. The summed E-state index contributed by atoms with van der Waals surface area (Å²) in [4.78, 5) is 4.56. The smallest absolute Gasteiger partial charge is 0.191 e. The Morgan fingerprint density at radius 2 is 2.26 bits per heavy atom. The molecule has 0 aliphatic carbocycles. The highest BCUT2D eigenvalue weighted by atomic mass is 127. The number of halogens is 1. The zero-order valence-corrected chi connectivity index (χ0v) is 16.7. The summed E-state index contributed by atoms with van der Waals surface area (Å²) >= 11 is 0. The summed E-state index contributed by atoms with van der Waals surface area (Å²) in [5.74, 6) is 1.76. The monoisotopic (exact) mass is 439 g/mol. The fourth-order valence-corrected chi connectivity index (χ4v) is 1.94. The lowest BCUT2D eigenvalue weighted by atomic mass is 10.3. The Balaban J connectivity index is 0.00000484. The first-order valence-electron chi connectivity index (χ1n) is 7.90. The third-order valence-corrected chi connectivity index (χ3v) is 2.96. The van der Waals surface area contributed by atoms with Crippen LogP contribution in [0.3, 0.4) is 0 Å². The highest BCUT2D eigenvalue weighted by Crippen LogP contribution is 1.99. The van der Waals surface area contributed by atoms with Gasteiger partial charge in [-0.15, -0.1) is 24.0 Å². The minimum atomic E-state index is 0. The molecular weight excluding hydrogens is 409 g/mol. The van der Waals surface area contributed by atoms with Crippen LogP contribution in [0.2, 0.25) is 0 Å². The first-order valence-corrected chi connectivity index (χ1v) is 7.90. The largest absolute Gasteiger partial charge is 0.469 e. The van der Waals surface area contributed by atoms with Crippen LogP contribution in [0.4, 0.5) is 0 Å². The van der Waals surface area contributed by atoms with Gasteiger partial charge in [0.15, 0.2) is 5.96 Å². The molecule has 1 unspecified atom stereocenters. The van der Waals surface area contributed by atoms with Crippen LogP contribution in [0.25, 0.3) is 0 Å². The number of hydrogen-bond acceptors (Lipinski definition) is 4. The molecular formula is C16H30IN3O3. The molecule has 23 heavy (non-hydrogen) atoms. The Morgan fingerprint density at radius 1 is 1.43 bits per heavy atom. The molecule has 0 spiro atoms. The van der Waals surface area contributed by atoms with Gasteiger partial charge in [-0.25, -0.2) is 0 Å². The van der Waals surface area contributed by atoms with E-state index in [4.69, 9.17) is 13.9 Å². The van der Waals surface area contributed by atoms with Crippen LogP contribution in [-0.4, -0.2) is 52.0 Å². The van der Waals surface area contributed by atoms with Crippen molar-refractivity contribution in [2.45, 2.75) is 32.7 Å². The molecule has 0 saturated heterocycles. The van der Waals surface area contributed by atoms with Crippen molar-refractivity contribution in [1.29, 1.82) is 0 Å². The fourth-order valence-electron chi connectivity index (χ4n) is 1.94. The van der Waals surface area contributed by atoms with Crippen LogP contribution >= 0.6 is 24.0 Å². The molecule has 6 nitrogen and oxygen atoms in total. The number of rotatable bonds is 11. The molecule has 0 aliphatic heterocycles. The highest BCUT2D eigenvalue weighted by Gasteiger charge is 2.05. The van der Waals surface area contributed by atoms with E-state index in [2.05, 4.69) is 22.5 Å². The van der Waals surface area contributed by atoms with Crippen molar-refractivity contribution in [3.63, 3.8) is 0 Å². The molecule has 0 amide bonds. The van der Waals surface area contributed by atoms with Crippen LogP contribution in [0.15, 0.2) is 27.8 Å². The maximum Gasteiger partial charge on any atom is 0.191 e. The Hall–Kier alpha value is -0.800. The Labute approximate surface area is 156 Å². The molecule has 1 aromatic rings. The van der Waals surface area contributed by atoms with Crippen molar-refractivity contribution >= 4 is 29.9 Å². The van der Waals surface area contributed by atoms with E-state index in [0.29, 0.717) is 6.61 Å². The van der Waals surface area contributed by atoms with Gasteiger partial charge in [0.2, 0.25) is 0 Å². The van der Waals surface area contributed by atoms with Crippen molar-refractivity contribution < 1.29 is 13.9 Å². The minimum absolute atomic E-state index is 0. The molecule has 2 N–H and O–H groups in total. The van der Waals surface area contributed by atoms with Gasteiger partial charge < -0.3 is 24.5 Å². The van der Waals surface area contributed by atoms with Crippen LogP contribution in [0, 0.1) is 0 Å². The van der Waals surface area contributed by atoms with Gasteiger partial charge >= 0.3 is 0 Å². The highest BCUT2D eigenvalue weighted by molar-refractivity contribution is 14.0. The summed E-state index contributed by atoms with van der Waals surface area (Å²) in [6, 6.07) is 4.07. The molecule has 1 atom stereocenters. The molecule has 0 fully saturated rings. The first-order chi connectivity index (χ1) is 10.8. The zero-order chi connectivity index (χ0) is 16.0. The van der Waals surface area contributed by atoms with E-state index in [9.17, 15) is 0 Å². The standard InChI is InChI=1S/C16H29N3O3.HI/c1-4-21-11-6-9-17-16(19-14(2)13-20-3)18-10-8-15-7-5-12-22-15;/h5,7,12,14H,4,6,8-11,13H2,1-3H3,(H2,17,18,19);1H. The minimum Gasteiger partial charge on any atom is -0.469 e. The van der Waals surface area contributed by atoms with Gasteiger partial charge in [0, 0.05) is 45.9 Å². The average Bonchev–Trinajstić information content (AvgIpc) is 3.00. The Bertz CT molecular complexity index is 399. The average molecular weight is 439 g/mol. The van der Waals surface area contributed by atoms with Gasteiger partial charge in [-0.1, -0.05) is 0 Å². The molecule has 7 heteroatoms. The summed E-state index contributed by atoms with van der Waals surface area (Å²) in [7, 11) is 1.70. The molecule has 1 heterocycles. The number of nitrogens with zero attached hydrogens (tertiary/aromatic N) is 1. The number of hydrogen-bond donors (Lipinski definition) is 2. The van der Waals surface area contributed by atoms with E-state index in [-0.39, 0.29) is 30.0 Å². The fraction of sp³-hybridized carbons (Fsp3) is 0.688. The maximum atomic E-state index is 5.32. The van der Waals surface area contributed by atoms with Crippen LogP contribution < -0.4 is 10.6 Å². The molecule has 0 aliphatic rings. The number of guanidine groups is 1. The van der Waals surface area contributed by atoms with E-state index in [1.807, 2.05) is 19.1 Å². The number of methoxy groups -OCH3 is 1. The normalized spacial score (nSPS) is 12.6. The van der Waals surface area contributed by atoms with E-state index < -0.39 is 0 Å². The van der Waals surface area contributed by atoms with Gasteiger partial charge in [0.05, 0.1) is 12.9 Å².